The summed E-state index contributed by atoms with van der Waals surface area (Å²) < 4.78 is 1.49. The molecule has 3 aromatic rings. The van der Waals surface area contributed by atoms with E-state index in [2.05, 4.69) is 9.97 Å². The number of amides is 1. The maximum absolute atomic E-state index is 12.2. The van der Waals surface area contributed by atoms with Crippen LogP contribution in [0.4, 0.5) is 0 Å². The summed E-state index contributed by atoms with van der Waals surface area (Å²) in [6, 6.07) is 5.04. The molecule has 0 aliphatic heterocycles. The van der Waals surface area contributed by atoms with Crippen molar-refractivity contribution in [3.05, 3.63) is 57.7 Å². The summed E-state index contributed by atoms with van der Waals surface area (Å²) in [5.41, 5.74) is 2.94. The number of nitrogen functional groups attached to an aromatic ring is 1. The minimum absolute atomic E-state index is 0.105. The van der Waals surface area contributed by atoms with Crippen LogP contribution in [-0.2, 0) is 6.54 Å². The molecule has 0 radical (unpaired) electrons. The van der Waals surface area contributed by atoms with Crippen LogP contribution in [0.5, 0.6) is 0 Å². The summed E-state index contributed by atoms with van der Waals surface area (Å²) >= 11 is 1.43. The Balaban J connectivity index is 1.90. The molecule has 7 nitrogen and oxygen atoms in total. The Hall–Kier alpha value is -2.58. The van der Waals surface area contributed by atoms with E-state index in [0.29, 0.717) is 23.2 Å². The second-order valence-electron chi connectivity index (χ2n) is 4.33. The molecule has 8 heteroatoms. The highest BCUT2D eigenvalue weighted by atomic mass is 32.1. The third kappa shape index (κ3) is 2.54. The SMILES string of the molecule is NNC(=O)c1ccc(Cn2cnc3sccc3c2=O)nc1. The lowest BCUT2D eigenvalue weighted by Crippen LogP contribution is -2.30. The van der Waals surface area contributed by atoms with E-state index in [1.807, 2.05) is 10.8 Å². The molecular formula is C13H11N5O2S. The van der Waals surface area contributed by atoms with Gasteiger partial charge in [0.05, 0.1) is 29.5 Å². The number of hydrogen-bond donors (Lipinski definition) is 2. The van der Waals surface area contributed by atoms with Crippen molar-refractivity contribution in [1.82, 2.24) is 20.0 Å². The Labute approximate surface area is 123 Å². The van der Waals surface area contributed by atoms with Crippen LogP contribution in [0, 0.1) is 0 Å². The predicted molar refractivity (Wildman–Crippen MR) is 78.9 cm³/mol. The Kier molecular flexibility index (Phi) is 3.46. The van der Waals surface area contributed by atoms with Crippen LogP contribution in [0.3, 0.4) is 0 Å². The summed E-state index contributed by atoms with van der Waals surface area (Å²) in [5, 5.41) is 2.43. The van der Waals surface area contributed by atoms with E-state index in [-0.39, 0.29) is 5.56 Å². The summed E-state index contributed by atoms with van der Waals surface area (Å²) in [7, 11) is 0. The van der Waals surface area contributed by atoms with Crippen molar-refractivity contribution < 1.29 is 4.79 Å². The van der Waals surface area contributed by atoms with Gasteiger partial charge >= 0.3 is 0 Å². The van der Waals surface area contributed by atoms with Gasteiger partial charge in [-0.1, -0.05) is 0 Å². The molecule has 3 aromatic heterocycles. The molecule has 0 aliphatic rings. The Bertz CT molecular complexity index is 853. The van der Waals surface area contributed by atoms with E-state index in [1.54, 1.807) is 18.2 Å². The molecule has 21 heavy (non-hydrogen) atoms. The number of nitrogens with two attached hydrogens (primary N) is 1. The van der Waals surface area contributed by atoms with Crippen molar-refractivity contribution >= 4 is 27.5 Å². The molecule has 0 saturated heterocycles. The standard InChI is InChI=1S/C13H11N5O2S/c14-17-11(19)8-1-2-9(15-5-8)6-18-7-16-12-10(13(18)20)3-4-21-12/h1-5,7H,6,14H2,(H,17,19). The second-order valence-corrected chi connectivity index (χ2v) is 5.22. The normalized spacial score (nSPS) is 10.7. The van der Waals surface area contributed by atoms with Gasteiger partial charge in [0.15, 0.2) is 0 Å². The number of carbonyl (C=O) groups is 1. The van der Waals surface area contributed by atoms with E-state index in [4.69, 9.17) is 5.84 Å². The first-order chi connectivity index (χ1) is 10.2. The first-order valence-electron chi connectivity index (χ1n) is 6.07. The largest absolute Gasteiger partial charge is 0.293 e. The van der Waals surface area contributed by atoms with Crippen molar-refractivity contribution in [1.29, 1.82) is 0 Å². The smallest absolute Gasteiger partial charge is 0.266 e. The van der Waals surface area contributed by atoms with Crippen LogP contribution in [0.25, 0.3) is 10.2 Å². The molecule has 0 bridgehead atoms. The fourth-order valence-electron chi connectivity index (χ4n) is 1.92. The average Bonchev–Trinajstić information content (AvgIpc) is 2.99. The third-order valence-electron chi connectivity index (χ3n) is 3.00. The fraction of sp³-hybridized carbons (Fsp3) is 0.0769. The first kappa shape index (κ1) is 13.4. The maximum Gasteiger partial charge on any atom is 0.266 e. The minimum Gasteiger partial charge on any atom is -0.293 e. The predicted octanol–water partition coefficient (Wildman–Crippen LogP) is 0.505. The van der Waals surface area contributed by atoms with Gasteiger partial charge in [-0.2, -0.15) is 0 Å². The van der Waals surface area contributed by atoms with Crippen molar-refractivity contribution in [2.45, 2.75) is 6.54 Å². The van der Waals surface area contributed by atoms with Crippen molar-refractivity contribution in [2.75, 3.05) is 0 Å². The van der Waals surface area contributed by atoms with E-state index < -0.39 is 5.91 Å². The number of carbonyl (C=O) groups excluding carboxylic acids is 1. The lowest BCUT2D eigenvalue weighted by molar-refractivity contribution is 0.0953. The molecule has 3 N–H and O–H groups in total. The Morgan fingerprint density at radius 1 is 1.33 bits per heavy atom. The minimum atomic E-state index is -0.410. The van der Waals surface area contributed by atoms with Crippen LogP contribution in [0.1, 0.15) is 16.1 Å². The highest BCUT2D eigenvalue weighted by molar-refractivity contribution is 7.16. The molecule has 0 aromatic carbocycles. The van der Waals surface area contributed by atoms with E-state index >= 15 is 0 Å². The molecule has 0 saturated carbocycles. The quantitative estimate of drug-likeness (QED) is 0.417. The van der Waals surface area contributed by atoms with Gasteiger partial charge in [0.25, 0.3) is 11.5 Å². The van der Waals surface area contributed by atoms with Gasteiger partial charge in [0, 0.05) is 6.20 Å². The number of thiophene rings is 1. The Morgan fingerprint density at radius 3 is 2.90 bits per heavy atom. The first-order valence-corrected chi connectivity index (χ1v) is 6.95. The monoisotopic (exact) mass is 301 g/mol. The number of pyridine rings is 1. The number of fused-ring (bicyclic) bond motifs is 1. The van der Waals surface area contributed by atoms with Crippen LogP contribution >= 0.6 is 11.3 Å². The van der Waals surface area contributed by atoms with E-state index in [1.165, 1.54) is 28.4 Å². The summed E-state index contributed by atoms with van der Waals surface area (Å²) in [4.78, 5) is 32.7. The third-order valence-corrected chi connectivity index (χ3v) is 3.82. The van der Waals surface area contributed by atoms with Crippen LogP contribution < -0.4 is 16.8 Å². The number of aromatic nitrogens is 3. The molecule has 1 amide bonds. The van der Waals surface area contributed by atoms with Crippen LogP contribution in [0.2, 0.25) is 0 Å². The molecule has 0 spiro atoms. The summed E-state index contributed by atoms with van der Waals surface area (Å²) in [5.74, 6) is 4.64. The summed E-state index contributed by atoms with van der Waals surface area (Å²) in [6.45, 7) is 0.294. The van der Waals surface area contributed by atoms with Gasteiger partial charge in [0.1, 0.15) is 4.83 Å². The molecule has 106 valence electrons. The topological polar surface area (TPSA) is 103 Å². The lowest BCUT2D eigenvalue weighted by atomic mass is 10.2. The zero-order valence-electron chi connectivity index (χ0n) is 10.8. The lowest BCUT2D eigenvalue weighted by Gasteiger charge is -2.05. The van der Waals surface area contributed by atoms with Gasteiger partial charge in [-0.15, -0.1) is 11.3 Å². The zero-order valence-corrected chi connectivity index (χ0v) is 11.6. The average molecular weight is 301 g/mol. The Morgan fingerprint density at radius 2 is 2.19 bits per heavy atom. The number of nitrogens with one attached hydrogen (secondary N) is 1. The highest BCUT2D eigenvalue weighted by Gasteiger charge is 2.07. The number of rotatable bonds is 3. The molecular weight excluding hydrogens is 290 g/mol. The van der Waals surface area contributed by atoms with Gasteiger partial charge in [-0.05, 0) is 23.6 Å². The van der Waals surface area contributed by atoms with Crippen molar-refractivity contribution in [3.63, 3.8) is 0 Å². The van der Waals surface area contributed by atoms with Gasteiger partial charge in [0.2, 0.25) is 0 Å². The van der Waals surface area contributed by atoms with Crippen LogP contribution in [-0.4, -0.2) is 20.4 Å². The van der Waals surface area contributed by atoms with Gasteiger partial charge in [-0.3, -0.25) is 24.6 Å². The number of hydrogen-bond acceptors (Lipinski definition) is 6. The molecule has 0 aliphatic carbocycles. The van der Waals surface area contributed by atoms with Gasteiger partial charge in [-0.25, -0.2) is 10.8 Å². The van der Waals surface area contributed by atoms with Crippen molar-refractivity contribution in [3.8, 4) is 0 Å². The zero-order chi connectivity index (χ0) is 14.8. The van der Waals surface area contributed by atoms with E-state index in [9.17, 15) is 9.59 Å². The second kappa shape index (κ2) is 5.43. The fourth-order valence-corrected chi connectivity index (χ4v) is 2.64. The number of hydrazine groups is 1. The van der Waals surface area contributed by atoms with Gasteiger partial charge < -0.3 is 0 Å². The highest BCUT2D eigenvalue weighted by Crippen LogP contribution is 2.13. The van der Waals surface area contributed by atoms with Crippen molar-refractivity contribution in [2.24, 2.45) is 5.84 Å². The number of nitrogens with zero attached hydrogens (tertiary/aromatic N) is 3. The molecule has 0 atom stereocenters. The summed E-state index contributed by atoms with van der Waals surface area (Å²) in [6.07, 6.45) is 2.92. The maximum atomic E-state index is 12.2. The van der Waals surface area contributed by atoms with Crippen LogP contribution in [0.15, 0.2) is 40.9 Å². The van der Waals surface area contributed by atoms with E-state index in [0.717, 1.165) is 4.83 Å². The molecule has 3 heterocycles. The molecule has 0 fully saturated rings. The molecule has 0 unspecified atom stereocenters. The molecule has 3 rings (SSSR count).